The summed E-state index contributed by atoms with van der Waals surface area (Å²) in [5.41, 5.74) is 0.186. The maximum atomic E-state index is 15.0. The second-order valence-corrected chi connectivity index (χ2v) is 9.07. The fourth-order valence-electron chi connectivity index (χ4n) is 4.09. The van der Waals surface area contributed by atoms with Crippen molar-refractivity contribution in [2.24, 2.45) is 0 Å². The van der Waals surface area contributed by atoms with Gasteiger partial charge < -0.3 is 19.6 Å². The summed E-state index contributed by atoms with van der Waals surface area (Å²) in [6.07, 6.45) is 4.11. The SMILES string of the molecule is CN1CCC[C@H]1COc1nc(N2CCCC(O)CC2)c2cc(Cl)c(Br)c(F)c2n1. The van der Waals surface area contributed by atoms with Gasteiger partial charge in [-0.1, -0.05) is 11.6 Å². The van der Waals surface area contributed by atoms with Gasteiger partial charge in [0.1, 0.15) is 17.9 Å². The number of benzene rings is 1. The minimum Gasteiger partial charge on any atom is -0.462 e. The van der Waals surface area contributed by atoms with Gasteiger partial charge in [-0.15, -0.1) is 0 Å². The maximum absolute atomic E-state index is 15.0. The highest BCUT2D eigenvalue weighted by atomic mass is 79.9. The number of rotatable bonds is 4. The Labute approximate surface area is 183 Å². The lowest BCUT2D eigenvalue weighted by Gasteiger charge is -2.24. The molecule has 6 nitrogen and oxygen atoms in total. The number of likely N-dealkylation sites (tertiary alicyclic amines) is 1. The first-order valence-corrected chi connectivity index (χ1v) is 11.2. The van der Waals surface area contributed by atoms with E-state index >= 15 is 0 Å². The van der Waals surface area contributed by atoms with Gasteiger partial charge in [0, 0.05) is 24.5 Å². The minimum atomic E-state index is -0.520. The van der Waals surface area contributed by atoms with Crippen molar-refractivity contribution in [2.75, 3.05) is 38.2 Å². The van der Waals surface area contributed by atoms with Crippen molar-refractivity contribution in [1.82, 2.24) is 14.9 Å². The van der Waals surface area contributed by atoms with Crippen LogP contribution >= 0.6 is 27.5 Å². The number of anilines is 1. The zero-order valence-electron chi connectivity index (χ0n) is 16.4. The molecule has 9 heteroatoms. The van der Waals surface area contributed by atoms with Gasteiger partial charge in [0.25, 0.3) is 0 Å². The van der Waals surface area contributed by atoms with Crippen LogP contribution in [0.2, 0.25) is 5.02 Å². The molecule has 1 aromatic heterocycles. The Bertz CT molecular complexity index is 903. The fourth-order valence-corrected chi connectivity index (χ4v) is 4.59. The summed E-state index contributed by atoms with van der Waals surface area (Å²) in [5.74, 6) is 0.0843. The normalized spacial score (nSPS) is 23.6. The Morgan fingerprint density at radius 2 is 2.03 bits per heavy atom. The van der Waals surface area contributed by atoms with E-state index in [9.17, 15) is 9.50 Å². The smallest absolute Gasteiger partial charge is 0.319 e. The number of aliphatic hydroxyl groups excluding tert-OH is 1. The van der Waals surface area contributed by atoms with Gasteiger partial charge in [-0.3, -0.25) is 0 Å². The van der Waals surface area contributed by atoms with Crippen LogP contribution in [0.3, 0.4) is 0 Å². The van der Waals surface area contributed by atoms with E-state index in [-0.39, 0.29) is 27.1 Å². The first kappa shape index (κ1) is 21.0. The number of nitrogens with zero attached hydrogens (tertiary/aromatic N) is 4. The van der Waals surface area contributed by atoms with Gasteiger partial charge >= 0.3 is 6.01 Å². The van der Waals surface area contributed by atoms with Gasteiger partial charge in [-0.05, 0) is 67.7 Å². The highest BCUT2D eigenvalue weighted by Crippen LogP contribution is 2.36. The molecule has 0 bridgehead atoms. The Morgan fingerprint density at radius 1 is 1.24 bits per heavy atom. The average Bonchev–Trinajstić information content (AvgIpc) is 2.99. The second-order valence-electron chi connectivity index (χ2n) is 7.87. The third-order valence-electron chi connectivity index (χ3n) is 5.86. The van der Waals surface area contributed by atoms with Crippen molar-refractivity contribution in [3.05, 3.63) is 21.4 Å². The highest BCUT2D eigenvalue weighted by Gasteiger charge is 2.25. The van der Waals surface area contributed by atoms with Crippen LogP contribution in [0.1, 0.15) is 32.1 Å². The van der Waals surface area contributed by atoms with Crippen LogP contribution in [0.25, 0.3) is 10.9 Å². The van der Waals surface area contributed by atoms with Crippen molar-refractivity contribution >= 4 is 44.3 Å². The molecule has 1 unspecified atom stereocenters. The quantitative estimate of drug-likeness (QED) is 0.658. The van der Waals surface area contributed by atoms with Gasteiger partial charge in [-0.25, -0.2) is 4.39 Å². The Kier molecular flexibility index (Phi) is 6.44. The summed E-state index contributed by atoms with van der Waals surface area (Å²) in [6.45, 7) is 2.88. The van der Waals surface area contributed by atoms with Crippen LogP contribution in [0.5, 0.6) is 6.01 Å². The van der Waals surface area contributed by atoms with Gasteiger partial charge in [-0.2, -0.15) is 9.97 Å². The molecule has 0 aliphatic carbocycles. The van der Waals surface area contributed by atoms with Crippen LogP contribution < -0.4 is 9.64 Å². The number of fused-ring (bicyclic) bond motifs is 1. The number of aliphatic hydroxyl groups is 1. The number of likely N-dealkylation sites (N-methyl/N-ethyl adjacent to an activating group) is 1. The molecular weight excluding hydrogens is 463 g/mol. The largest absolute Gasteiger partial charge is 0.462 e. The topological polar surface area (TPSA) is 61.7 Å². The number of halogens is 3. The van der Waals surface area contributed by atoms with Crippen molar-refractivity contribution in [1.29, 1.82) is 0 Å². The molecule has 2 aromatic rings. The van der Waals surface area contributed by atoms with Gasteiger partial charge in [0.05, 0.1) is 15.6 Å². The lowest BCUT2D eigenvalue weighted by molar-refractivity contribution is 0.161. The van der Waals surface area contributed by atoms with Crippen molar-refractivity contribution in [3.8, 4) is 6.01 Å². The van der Waals surface area contributed by atoms with E-state index in [1.807, 2.05) is 0 Å². The lowest BCUT2D eigenvalue weighted by atomic mass is 10.2. The van der Waals surface area contributed by atoms with E-state index < -0.39 is 5.82 Å². The van der Waals surface area contributed by atoms with E-state index in [2.05, 4.69) is 42.7 Å². The van der Waals surface area contributed by atoms with Gasteiger partial charge in [0.15, 0.2) is 5.82 Å². The number of hydrogen-bond donors (Lipinski definition) is 1. The Hall–Kier alpha value is -1.22. The van der Waals surface area contributed by atoms with Crippen LogP contribution in [-0.2, 0) is 0 Å². The lowest BCUT2D eigenvalue weighted by Crippen LogP contribution is -2.31. The standard InChI is InChI=1S/C20H25BrClFN4O2/c1-26-7-2-4-12(26)11-29-20-24-18-14(10-15(22)16(21)17(18)23)19(25-20)27-8-3-5-13(28)6-9-27/h10,12-13,28H,2-9,11H2,1H3/t12-,13?/m0/s1. The predicted octanol–water partition coefficient (Wildman–Crippen LogP) is 4.01. The van der Waals surface area contributed by atoms with Crippen LogP contribution in [0, 0.1) is 5.82 Å². The molecule has 0 radical (unpaired) electrons. The molecule has 4 rings (SSSR count). The molecule has 1 aromatic carbocycles. The minimum absolute atomic E-state index is 0.172. The molecule has 29 heavy (non-hydrogen) atoms. The molecule has 158 valence electrons. The summed E-state index contributed by atoms with van der Waals surface area (Å²) >= 11 is 9.43. The van der Waals surface area contributed by atoms with E-state index in [1.54, 1.807) is 6.07 Å². The molecule has 0 spiro atoms. The molecule has 2 aliphatic heterocycles. The fraction of sp³-hybridized carbons (Fsp3) is 0.600. The summed E-state index contributed by atoms with van der Waals surface area (Å²) < 4.78 is 21.1. The molecule has 2 atom stereocenters. The molecule has 0 saturated carbocycles. The summed E-state index contributed by atoms with van der Waals surface area (Å²) in [5, 5.41) is 10.8. The van der Waals surface area contributed by atoms with Crippen molar-refractivity contribution in [3.63, 3.8) is 0 Å². The zero-order valence-corrected chi connectivity index (χ0v) is 18.7. The van der Waals surface area contributed by atoms with Gasteiger partial charge in [0.2, 0.25) is 0 Å². The highest BCUT2D eigenvalue weighted by molar-refractivity contribution is 9.10. The summed E-state index contributed by atoms with van der Waals surface area (Å²) in [4.78, 5) is 13.3. The van der Waals surface area contributed by atoms with Crippen molar-refractivity contribution in [2.45, 2.75) is 44.2 Å². The van der Waals surface area contributed by atoms with E-state index in [0.717, 1.165) is 38.8 Å². The molecule has 0 amide bonds. The third-order valence-corrected chi connectivity index (χ3v) is 7.16. The van der Waals surface area contributed by atoms with E-state index in [4.69, 9.17) is 16.3 Å². The first-order valence-electron chi connectivity index (χ1n) is 10.1. The second kappa shape index (κ2) is 8.88. The van der Waals surface area contributed by atoms with E-state index in [1.165, 1.54) is 0 Å². The third kappa shape index (κ3) is 4.45. The molecule has 2 aliphatic rings. The summed E-state index contributed by atoms with van der Waals surface area (Å²) in [6, 6.07) is 2.17. The molecule has 1 N–H and O–H groups in total. The Balaban J connectivity index is 1.72. The number of hydrogen-bond acceptors (Lipinski definition) is 6. The van der Waals surface area contributed by atoms with Crippen LogP contribution in [-0.4, -0.2) is 65.4 Å². The van der Waals surface area contributed by atoms with Crippen LogP contribution in [0.4, 0.5) is 10.2 Å². The Morgan fingerprint density at radius 3 is 2.79 bits per heavy atom. The molecular formula is C20H25BrClFN4O2. The molecule has 3 heterocycles. The maximum Gasteiger partial charge on any atom is 0.319 e. The van der Waals surface area contributed by atoms with Crippen LogP contribution in [0.15, 0.2) is 10.5 Å². The summed E-state index contributed by atoms with van der Waals surface area (Å²) in [7, 11) is 2.08. The zero-order chi connectivity index (χ0) is 20.5. The predicted molar refractivity (Wildman–Crippen MR) is 115 cm³/mol. The molecule has 2 fully saturated rings. The average molecular weight is 488 g/mol. The first-order chi connectivity index (χ1) is 13.9. The molecule has 2 saturated heterocycles. The number of ether oxygens (including phenoxy) is 1. The monoisotopic (exact) mass is 486 g/mol. The van der Waals surface area contributed by atoms with Crippen molar-refractivity contribution < 1.29 is 14.2 Å². The van der Waals surface area contributed by atoms with E-state index in [0.29, 0.717) is 36.8 Å². The number of aromatic nitrogens is 2.